The highest BCUT2D eigenvalue weighted by Crippen LogP contribution is 2.41. The summed E-state index contributed by atoms with van der Waals surface area (Å²) in [6.45, 7) is -1.32. The molecule has 0 amide bonds. The topological polar surface area (TPSA) is 133 Å². The summed E-state index contributed by atoms with van der Waals surface area (Å²) in [4.78, 5) is 37.2. The molecule has 0 aromatic heterocycles. The molecule has 0 saturated heterocycles. The molecule has 17 heteroatoms. The second kappa shape index (κ2) is 10.3. The average molecular weight is 505 g/mol. The van der Waals surface area contributed by atoms with Crippen molar-refractivity contribution in [2.24, 2.45) is 0 Å². The van der Waals surface area contributed by atoms with Crippen LogP contribution in [0.2, 0.25) is 0 Å². The molecule has 0 aliphatic carbocycles. The Kier molecular flexibility index (Phi) is 8.01. The van der Waals surface area contributed by atoms with E-state index in [1.54, 1.807) is 0 Å². The minimum atomic E-state index is -5.13. The first kappa shape index (κ1) is 26.3. The molecular formula is C17H13F6NO10. The van der Waals surface area contributed by atoms with Crippen LogP contribution in [0.4, 0.5) is 31.1 Å². The predicted octanol–water partition coefficient (Wildman–Crippen LogP) is 3.46. The lowest BCUT2D eigenvalue weighted by Crippen LogP contribution is -2.41. The summed E-state index contributed by atoms with van der Waals surface area (Å²) in [6, 6.07) is 1.50. The van der Waals surface area contributed by atoms with Crippen LogP contribution in [-0.2, 0) is 23.8 Å². The van der Waals surface area contributed by atoms with Gasteiger partial charge in [0.2, 0.25) is 12.9 Å². The van der Waals surface area contributed by atoms with Gasteiger partial charge in [-0.15, -0.1) is 23.3 Å². The highest BCUT2D eigenvalue weighted by Gasteiger charge is 2.49. The third-order valence-corrected chi connectivity index (χ3v) is 3.74. The molecule has 1 aliphatic heterocycles. The third-order valence-electron chi connectivity index (χ3n) is 3.74. The van der Waals surface area contributed by atoms with Gasteiger partial charge in [0.1, 0.15) is 24.7 Å². The van der Waals surface area contributed by atoms with E-state index in [2.05, 4.69) is 23.8 Å². The SMILES string of the molecule is Cc1cc(OC(F)(F)F)cc2c1O[C@H](C(F)(F)F)C(C(=O)OCOC(=O)OCCO[N+](=O)[O-])=C2. The fourth-order valence-corrected chi connectivity index (χ4v) is 2.55. The van der Waals surface area contributed by atoms with E-state index in [-0.39, 0.29) is 11.1 Å². The van der Waals surface area contributed by atoms with Crippen molar-refractivity contribution in [3.8, 4) is 11.5 Å². The number of benzene rings is 1. The molecule has 188 valence electrons. The Morgan fingerprint density at radius 2 is 1.76 bits per heavy atom. The smallest absolute Gasteiger partial charge is 0.475 e. The standard InChI is InChI=1S/C17H13F6NO10/c1-8-4-10(34-17(21,22)23)5-9-6-11(13(16(18,19)20)33-12(8)9)14(25)30-7-31-15(26)29-2-3-32-24(27)28/h4-6,13H,2-3,7H2,1H3/t13-/m0/s1. The number of halogens is 6. The fraction of sp³-hybridized carbons (Fsp3) is 0.412. The van der Waals surface area contributed by atoms with E-state index >= 15 is 0 Å². The van der Waals surface area contributed by atoms with Crippen LogP contribution < -0.4 is 9.47 Å². The second-order valence-electron chi connectivity index (χ2n) is 6.19. The molecule has 0 N–H and O–H groups in total. The zero-order valence-electron chi connectivity index (χ0n) is 16.7. The van der Waals surface area contributed by atoms with Crippen LogP contribution in [-0.4, -0.2) is 55.9 Å². The minimum absolute atomic E-state index is 0.137. The van der Waals surface area contributed by atoms with Crippen molar-refractivity contribution in [2.75, 3.05) is 20.0 Å². The van der Waals surface area contributed by atoms with Crippen molar-refractivity contribution < 1.29 is 69.5 Å². The van der Waals surface area contributed by atoms with Gasteiger partial charge < -0.3 is 28.5 Å². The Balaban J connectivity index is 2.13. The van der Waals surface area contributed by atoms with E-state index in [1.807, 2.05) is 0 Å². The Hall–Kier alpha value is -3.92. The molecule has 0 unspecified atom stereocenters. The number of rotatable bonds is 8. The molecule has 0 bridgehead atoms. The Labute approximate surface area is 184 Å². The van der Waals surface area contributed by atoms with Crippen LogP contribution in [0, 0.1) is 17.0 Å². The van der Waals surface area contributed by atoms with Crippen molar-refractivity contribution in [3.63, 3.8) is 0 Å². The van der Waals surface area contributed by atoms with Crippen LogP contribution in [0.3, 0.4) is 0 Å². The van der Waals surface area contributed by atoms with Gasteiger partial charge in [0.25, 0.3) is 5.09 Å². The van der Waals surface area contributed by atoms with E-state index in [0.29, 0.717) is 12.1 Å². The molecule has 1 aromatic carbocycles. The number of hydrogen-bond donors (Lipinski definition) is 0. The number of alkyl halides is 6. The number of esters is 1. The Morgan fingerprint density at radius 3 is 2.35 bits per heavy atom. The van der Waals surface area contributed by atoms with E-state index < -0.39 is 72.9 Å². The van der Waals surface area contributed by atoms with Crippen molar-refractivity contribution in [2.45, 2.75) is 25.6 Å². The number of ether oxygens (including phenoxy) is 5. The van der Waals surface area contributed by atoms with E-state index in [0.717, 1.165) is 6.07 Å². The molecule has 2 rings (SSSR count). The molecule has 1 atom stereocenters. The number of carbonyl (C=O) groups excluding carboxylic acids is 2. The van der Waals surface area contributed by atoms with E-state index in [4.69, 9.17) is 4.74 Å². The molecule has 1 aliphatic rings. The monoisotopic (exact) mass is 505 g/mol. The maximum Gasteiger partial charge on any atom is 0.573 e. The molecule has 0 radical (unpaired) electrons. The summed E-state index contributed by atoms with van der Waals surface area (Å²) in [5.41, 5.74) is -1.63. The maximum absolute atomic E-state index is 13.4. The van der Waals surface area contributed by atoms with Crippen LogP contribution in [0.25, 0.3) is 6.08 Å². The quantitative estimate of drug-likeness (QED) is 0.129. The molecule has 0 fully saturated rings. The van der Waals surface area contributed by atoms with Crippen molar-refractivity contribution in [3.05, 3.63) is 38.9 Å². The zero-order chi connectivity index (χ0) is 25.7. The number of carbonyl (C=O) groups is 2. The zero-order valence-corrected chi connectivity index (χ0v) is 16.7. The highest BCUT2D eigenvalue weighted by atomic mass is 19.4. The lowest BCUT2D eigenvalue weighted by atomic mass is 9.99. The van der Waals surface area contributed by atoms with Gasteiger partial charge in [-0.3, -0.25) is 0 Å². The molecule has 0 spiro atoms. The lowest BCUT2D eigenvalue weighted by Gasteiger charge is -2.29. The lowest BCUT2D eigenvalue weighted by molar-refractivity contribution is -0.757. The predicted molar refractivity (Wildman–Crippen MR) is 92.6 cm³/mol. The summed E-state index contributed by atoms with van der Waals surface area (Å²) in [7, 11) is 0. The average Bonchev–Trinajstić information content (AvgIpc) is 2.68. The number of fused-ring (bicyclic) bond motifs is 1. The number of nitrogens with zero attached hydrogens (tertiary/aromatic N) is 1. The van der Waals surface area contributed by atoms with Crippen molar-refractivity contribution >= 4 is 18.2 Å². The molecule has 0 saturated carbocycles. The molecule has 11 nitrogen and oxygen atoms in total. The first-order valence-electron chi connectivity index (χ1n) is 8.76. The summed E-state index contributed by atoms with van der Waals surface area (Å²) in [5, 5.41) is 8.75. The normalized spacial score (nSPS) is 15.3. The van der Waals surface area contributed by atoms with Crippen LogP contribution in [0.1, 0.15) is 11.1 Å². The van der Waals surface area contributed by atoms with Crippen LogP contribution in [0.5, 0.6) is 11.5 Å². The van der Waals surface area contributed by atoms with Gasteiger partial charge in [-0.25, -0.2) is 9.59 Å². The van der Waals surface area contributed by atoms with Crippen LogP contribution >= 0.6 is 0 Å². The van der Waals surface area contributed by atoms with E-state index in [9.17, 15) is 46.0 Å². The van der Waals surface area contributed by atoms with Gasteiger partial charge in [0, 0.05) is 5.56 Å². The van der Waals surface area contributed by atoms with Crippen LogP contribution in [0.15, 0.2) is 17.7 Å². The second-order valence-corrected chi connectivity index (χ2v) is 6.19. The summed E-state index contributed by atoms with van der Waals surface area (Å²) in [5.74, 6) is -2.88. The Bertz CT molecular complexity index is 975. The van der Waals surface area contributed by atoms with Crippen molar-refractivity contribution in [1.82, 2.24) is 0 Å². The summed E-state index contributed by atoms with van der Waals surface area (Å²) >= 11 is 0. The number of hydrogen-bond acceptors (Lipinski definition) is 10. The summed E-state index contributed by atoms with van der Waals surface area (Å²) in [6.07, 6.45) is -13.9. The van der Waals surface area contributed by atoms with Gasteiger partial charge in [0.15, 0.2) is 0 Å². The van der Waals surface area contributed by atoms with E-state index in [1.165, 1.54) is 6.92 Å². The Morgan fingerprint density at radius 1 is 1.09 bits per heavy atom. The highest BCUT2D eigenvalue weighted by molar-refractivity contribution is 5.96. The maximum atomic E-state index is 13.4. The molecular weight excluding hydrogens is 492 g/mol. The first-order chi connectivity index (χ1) is 15.7. The molecule has 34 heavy (non-hydrogen) atoms. The minimum Gasteiger partial charge on any atom is -0.475 e. The third kappa shape index (κ3) is 7.59. The largest absolute Gasteiger partial charge is 0.573 e. The van der Waals surface area contributed by atoms with Gasteiger partial charge >= 0.3 is 24.7 Å². The first-order valence-corrected chi connectivity index (χ1v) is 8.76. The van der Waals surface area contributed by atoms with Gasteiger partial charge in [-0.05, 0) is 30.7 Å². The van der Waals surface area contributed by atoms with Crippen molar-refractivity contribution in [1.29, 1.82) is 0 Å². The number of aryl methyl sites for hydroxylation is 1. The molecule has 1 heterocycles. The van der Waals surface area contributed by atoms with Gasteiger partial charge in [-0.2, -0.15) is 13.2 Å². The fourth-order valence-electron chi connectivity index (χ4n) is 2.55. The van der Waals surface area contributed by atoms with Gasteiger partial charge in [-0.1, -0.05) is 0 Å². The van der Waals surface area contributed by atoms with Gasteiger partial charge in [0.05, 0.1) is 5.57 Å². The summed E-state index contributed by atoms with van der Waals surface area (Å²) < 4.78 is 99.4. The molecule has 1 aromatic rings.